The molecule has 3 heterocycles. The van der Waals surface area contributed by atoms with Crippen molar-refractivity contribution in [1.29, 1.82) is 0 Å². The van der Waals surface area contributed by atoms with E-state index < -0.39 is 0 Å². The van der Waals surface area contributed by atoms with Crippen LogP contribution in [0.3, 0.4) is 0 Å². The lowest BCUT2D eigenvalue weighted by Crippen LogP contribution is -2.28. The highest BCUT2D eigenvalue weighted by Gasteiger charge is 2.39. The number of hydrogen-bond donors (Lipinski definition) is 0. The van der Waals surface area contributed by atoms with Gasteiger partial charge in [0.1, 0.15) is 0 Å². The number of hydrogen-bond acceptors (Lipinski definition) is 5. The van der Waals surface area contributed by atoms with E-state index in [1.165, 1.54) is 23.3 Å². The van der Waals surface area contributed by atoms with E-state index in [1.54, 1.807) is 0 Å². The summed E-state index contributed by atoms with van der Waals surface area (Å²) in [5.41, 5.74) is 1.20. The summed E-state index contributed by atoms with van der Waals surface area (Å²) >= 11 is 1.54. The third kappa shape index (κ3) is 2.73. The standard InChI is InChI=1S/C18H17N3O2S/c1-12-7-8-16(24-12)18(22)21-9-14(13-5-3-2-4-6-13)15(10-21)17-19-11-23-20-17/h2-8,11,14-15H,9-10H2,1H3/t14-,15-/m0/s1. The highest BCUT2D eigenvalue weighted by atomic mass is 32.1. The molecule has 1 aromatic carbocycles. The normalized spacial score (nSPS) is 20.5. The van der Waals surface area contributed by atoms with Crippen LogP contribution in [0.4, 0.5) is 0 Å². The second kappa shape index (κ2) is 6.20. The average molecular weight is 339 g/mol. The van der Waals surface area contributed by atoms with Gasteiger partial charge in [-0.15, -0.1) is 11.3 Å². The monoisotopic (exact) mass is 339 g/mol. The lowest BCUT2D eigenvalue weighted by Gasteiger charge is -2.16. The van der Waals surface area contributed by atoms with E-state index in [0.29, 0.717) is 18.9 Å². The van der Waals surface area contributed by atoms with E-state index in [0.717, 1.165) is 9.75 Å². The Morgan fingerprint density at radius 2 is 1.96 bits per heavy atom. The van der Waals surface area contributed by atoms with Gasteiger partial charge < -0.3 is 9.42 Å². The summed E-state index contributed by atoms with van der Waals surface area (Å²) in [4.78, 5) is 20.9. The summed E-state index contributed by atoms with van der Waals surface area (Å²) in [6.45, 7) is 3.29. The number of thiophene rings is 1. The summed E-state index contributed by atoms with van der Waals surface area (Å²) in [5, 5.41) is 4.02. The predicted molar refractivity (Wildman–Crippen MR) is 91.2 cm³/mol. The fourth-order valence-electron chi connectivity index (χ4n) is 3.32. The van der Waals surface area contributed by atoms with Gasteiger partial charge in [-0.2, -0.15) is 4.98 Å². The van der Waals surface area contributed by atoms with Crippen molar-refractivity contribution in [3.05, 3.63) is 70.0 Å². The van der Waals surface area contributed by atoms with Crippen LogP contribution in [0.1, 0.15) is 37.8 Å². The molecule has 2 aromatic heterocycles. The summed E-state index contributed by atoms with van der Waals surface area (Å²) in [6, 6.07) is 14.1. The fourth-order valence-corrected chi connectivity index (χ4v) is 4.15. The molecule has 0 N–H and O–H groups in total. The van der Waals surface area contributed by atoms with Gasteiger partial charge >= 0.3 is 0 Å². The first kappa shape index (κ1) is 15.1. The topological polar surface area (TPSA) is 59.2 Å². The number of carbonyl (C=O) groups is 1. The predicted octanol–water partition coefficient (Wildman–Crippen LogP) is 3.46. The highest BCUT2D eigenvalue weighted by molar-refractivity contribution is 7.13. The van der Waals surface area contributed by atoms with Gasteiger partial charge in [0.05, 0.1) is 4.88 Å². The van der Waals surface area contributed by atoms with Crippen LogP contribution in [0.5, 0.6) is 0 Å². The molecule has 1 saturated heterocycles. The van der Waals surface area contributed by atoms with Gasteiger partial charge in [-0.3, -0.25) is 4.79 Å². The van der Waals surface area contributed by atoms with Gasteiger partial charge in [0, 0.05) is 29.8 Å². The Morgan fingerprint density at radius 3 is 2.62 bits per heavy atom. The average Bonchev–Trinajstić information content (AvgIpc) is 3.35. The smallest absolute Gasteiger partial charge is 0.263 e. The summed E-state index contributed by atoms with van der Waals surface area (Å²) in [5.74, 6) is 0.978. The van der Waals surface area contributed by atoms with Crippen LogP contribution in [-0.2, 0) is 0 Å². The molecule has 0 unspecified atom stereocenters. The quantitative estimate of drug-likeness (QED) is 0.733. The zero-order valence-corrected chi connectivity index (χ0v) is 14.1. The van der Waals surface area contributed by atoms with Crippen LogP contribution in [0.25, 0.3) is 0 Å². The van der Waals surface area contributed by atoms with Crippen LogP contribution in [-0.4, -0.2) is 34.0 Å². The number of carbonyl (C=O) groups excluding carboxylic acids is 1. The van der Waals surface area contributed by atoms with E-state index in [2.05, 4.69) is 22.3 Å². The van der Waals surface area contributed by atoms with Crippen molar-refractivity contribution in [1.82, 2.24) is 15.0 Å². The van der Waals surface area contributed by atoms with Crippen molar-refractivity contribution in [2.45, 2.75) is 18.8 Å². The zero-order chi connectivity index (χ0) is 16.5. The van der Waals surface area contributed by atoms with Crippen LogP contribution in [0.2, 0.25) is 0 Å². The second-order valence-corrected chi connectivity index (χ2v) is 7.32. The minimum Gasteiger partial charge on any atom is -0.343 e. The second-order valence-electron chi connectivity index (χ2n) is 6.03. The van der Waals surface area contributed by atoms with Gasteiger partial charge in [-0.05, 0) is 24.6 Å². The third-order valence-corrected chi connectivity index (χ3v) is 5.48. The maximum Gasteiger partial charge on any atom is 0.263 e. The van der Waals surface area contributed by atoms with E-state index in [4.69, 9.17) is 4.52 Å². The molecule has 0 saturated carbocycles. The number of nitrogens with zero attached hydrogens (tertiary/aromatic N) is 3. The minimum absolute atomic E-state index is 0.0520. The lowest BCUT2D eigenvalue weighted by molar-refractivity contribution is 0.0793. The van der Waals surface area contributed by atoms with E-state index in [9.17, 15) is 4.79 Å². The highest BCUT2D eigenvalue weighted by Crippen LogP contribution is 2.39. The van der Waals surface area contributed by atoms with Crippen molar-refractivity contribution in [2.24, 2.45) is 0 Å². The van der Waals surface area contributed by atoms with Gasteiger partial charge in [-0.25, -0.2) is 0 Å². The third-order valence-electron chi connectivity index (χ3n) is 4.50. The van der Waals surface area contributed by atoms with Crippen LogP contribution in [0.15, 0.2) is 53.4 Å². The molecule has 3 aromatic rings. The molecule has 0 spiro atoms. The molecule has 0 bridgehead atoms. The molecular weight excluding hydrogens is 322 g/mol. The SMILES string of the molecule is Cc1ccc(C(=O)N2C[C@H](c3ncon3)[C@H](c3ccccc3)C2)s1. The molecule has 5 nitrogen and oxygen atoms in total. The molecule has 4 rings (SSSR count). The first-order chi connectivity index (χ1) is 11.7. The number of aryl methyl sites for hydroxylation is 1. The van der Waals surface area contributed by atoms with E-state index in [1.807, 2.05) is 42.2 Å². The first-order valence-corrected chi connectivity index (χ1v) is 8.71. The van der Waals surface area contributed by atoms with Crippen LogP contribution < -0.4 is 0 Å². The number of rotatable bonds is 3. The van der Waals surface area contributed by atoms with Gasteiger partial charge in [0.2, 0.25) is 6.39 Å². The molecule has 2 atom stereocenters. The molecule has 1 fully saturated rings. The number of amides is 1. The molecule has 0 aliphatic carbocycles. The van der Waals surface area contributed by atoms with Crippen molar-refractivity contribution >= 4 is 17.2 Å². The van der Waals surface area contributed by atoms with Gasteiger partial charge in [0.15, 0.2) is 5.82 Å². The van der Waals surface area contributed by atoms with Gasteiger partial charge in [-0.1, -0.05) is 35.5 Å². The molecule has 0 radical (unpaired) electrons. The Labute approximate surface area is 143 Å². The Kier molecular flexibility index (Phi) is 3.90. The van der Waals surface area contributed by atoms with Crippen molar-refractivity contribution in [3.63, 3.8) is 0 Å². The molecule has 1 aliphatic rings. The number of aromatic nitrogens is 2. The fraction of sp³-hybridized carbons (Fsp3) is 0.278. The first-order valence-electron chi connectivity index (χ1n) is 7.89. The Bertz CT molecular complexity index is 829. The largest absolute Gasteiger partial charge is 0.343 e. The Hall–Kier alpha value is -2.47. The molecule has 24 heavy (non-hydrogen) atoms. The molecular formula is C18H17N3O2S. The zero-order valence-electron chi connectivity index (χ0n) is 13.3. The maximum atomic E-state index is 12.8. The van der Waals surface area contributed by atoms with Crippen molar-refractivity contribution in [2.75, 3.05) is 13.1 Å². The van der Waals surface area contributed by atoms with Crippen LogP contribution >= 0.6 is 11.3 Å². The van der Waals surface area contributed by atoms with Crippen molar-refractivity contribution < 1.29 is 9.32 Å². The Balaban J connectivity index is 1.64. The number of benzene rings is 1. The molecule has 122 valence electrons. The Morgan fingerprint density at radius 1 is 1.17 bits per heavy atom. The van der Waals surface area contributed by atoms with Crippen molar-refractivity contribution in [3.8, 4) is 0 Å². The summed E-state index contributed by atoms with van der Waals surface area (Å²) < 4.78 is 4.93. The molecule has 6 heteroatoms. The minimum atomic E-state index is 0.0520. The van der Waals surface area contributed by atoms with Gasteiger partial charge in [0.25, 0.3) is 5.91 Å². The molecule has 1 amide bonds. The maximum absolute atomic E-state index is 12.8. The van der Waals surface area contributed by atoms with E-state index >= 15 is 0 Å². The summed E-state index contributed by atoms with van der Waals surface area (Å²) in [6.07, 6.45) is 1.35. The van der Waals surface area contributed by atoms with E-state index in [-0.39, 0.29) is 17.7 Å². The number of likely N-dealkylation sites (tertiary alicyclic amines) is 1. The lowest BCUT2D eigenvalue weighted by atomic mass is 9.88. The van der Waals surface area contributed by atoms with Crippen LogP contribution in [0, 0.1) is 6.92 Å². The summed E-state index contributed by atoms with van der Waals surface area (Å²) in [7, 11) is 0. The molecule has 1 aliphatic heterocycles.